The molecule has 1 atom stereocenters. The first-order valence-electron chi connectivity index (χ1n) is 12.0. The molecule has 0 N–H and O–H groups in total. The first-order chi connectivity index (χ1) is 16.4. The number of fused-ring (bicyclic) bond motifs is 2. The predicted octanol–water partition coefficient (Wildman–Crippen LogP) is 4.98. The number of carbonyl (C=O) groups is 2. The highest BCUT2D eigenvalue weighted by Crippen LogP contribution is 2.52. The van der Waals surface area contributed by atoms with E-state index in [2.05, 4.69) is 39.0 Å². The molecule has 0 radical (unpaired) electrons. The van der Waals surface area contributed by atoms with Crippen molar-refractivity contribution in [3.05, 3.63) is 63.6 Å². The fourth-order valence-corrected chi connectivity index (χ4v) is 5.63. The number of nitrogens with zero attached hydrogens (tertiary/aromatic N) is 1. The number of hydrogen-bond acceptors (Lipinski definition) is 6. The zero-order chi connectivity index (χ0) is 24.1. The molecule has 1 saturated heterocycles. The monoisotopic (exact) mass is 529 g/mol. The van der Waals surface area contributed by atoms with Crippen molar-refractivity contribution in [3.63, 3.8) is 0 Å². The molecule has 0 saturated carbocycles. The molecule has 1 heterocycles. The Bertz CT molecular complexity index is 1030. The van der Waals surface area contributed by atoms with Gasteiger partial charge in [-0.15, -0.1) is 0 Å². The van der Waals surface area contributed by atoms with Crippen LogP contribution in [-0.2, 0) is 30.9 Å². The van der Waals surface area contributed by atoms with Crippen LogP contribution in [-0.4, -0.2) is 49.7 Å². The lowest BCUT2D eigenvalue weighted by atomic mass is 9.74. The summed E-state index contributed by atoms with van der Waals surface area (Å²) in [6.45, 7) is 6.46. The molecular weight excluding hydrogens is 498 g/mol. The van der Waals surface area contributed by atoms with Gasteiger partial charge in [0.25, 0.3) is 0 Å². The molecule has 2 aromatic rings. The Hall–Kier alpha value is -2.38. The van der Waals surface area contributed by atoms with E-state index in [-0.39, 0.29) is 29.9 Å². The van der Waals surface area contributed by atoms with Gasteiger partial charge in [0, 0.05) is 15.5 Å². The number of benzene rings is 2. The quantitative estimate of drug-likeness (QED) is 0.449. The van der Waals surface area contributed by atoms with Gasteiger partial charge in [0.2, 0.25) is 0 Å². The van der Waals surface area contributed by atoms with E-state index in [1.165, 1.54) is 11.1 Å². The minimum Gasteiger partial charge on any atom is -0.485 e. The number of carbonyl (C=O) groups excluding carboxylic acids is 2. The second-order valence-electron chi connectivity index (χ2n) is 8.99. The van der Waals surface area contributed by atoms with E-state index in [0.717, 1.165) is 48.1 Å². The minimum atomic E-state index is -0.251. The molecule has 4 rings (SSSR count). The lowest BCUT2D eigenvalue weighted by molar-refractivity contribution is -0.145. The molecule has 1 spiro atoms. The lowest BCUT2D eigenvalue weighted by Gasteiger charge is -2.39. The molecule has 34 heavy (non-hydrogen) atoms. The van der Waals surface area contributed by atoms with Crippen LogP contribution >= 0.6 is 15.9 Å². The molecule has 0 aromatic heterocycles. The molecule has 1 aliphatic heterocycles. The molecule has 6 nitrogen and oxygen atoms in total. The van der Waals surface area contributed by atoms with Crippen LogP contribution in [0.15, 0.2) is 46.9 Å². The number of esters is 2. The molecule has 7 heteroatoms. The van der Waals surface area contributed by atoms with Crippen molar-refractivity contribution in [3.8, 4) is 5.75 Å². The van der Waals surface area contributed by atoms with Gasteiger partial charge in [-0.2, -0.15) is 0 Å². The van der Waals surface area contributed by atoms with Crippen molar-refractivity contribution in [1.82, 2.24) is 4.90 Å². The van der Waals surface area contributed by atoms with Crippen LogP contribution in [0.3, 0.4) is 0 Å². The average molecular weight is 530 g/mol. The molecule has 0 amide bonds. The molecule has 1 fully saturated rings. The summed E-state index contributed by atoms with van der Waals surface area (Å²) in [6, 6.07) is 14.2. The van der Waals surface area contributed by atoms with Gasteiger partial charge < -0.3 is 14.2 Å². The van der Waals surface area contributed by atoms with Gasteiger partial charge in [-0.25, -0.2) is 0 Å². The summed E-state index contributed by atoms with van der Waals surface area (Å²) in [6.07, 6.45) is 2.89. The van der Waals surface area contributed by atoms with Crippen LogP contribution in [0.2, 0.25) is 0 Å². The van der Waals surface area contributed by atoms with Crippen molar-refractivity contribution >= 4 is 27.9 Å². The fourth-order valence-electron chi connectivity index (χ4n) is 5.25. The third kappa shape index (κ3) is 5.47. The molecule has 2 aromatic carbocycles. The highest BCUT2D eigenvalue weighted by Gasteiger charge is 2.46. The largest absolute Gasteiger partial charge is 0.485 e. The Balaban J connectivity index is 1.53. The van der Waals surface area contributed by atoms with E-state index in [9.17, 15) is 9.59 Å². The maximum atomic E-state index is 12.1. The number of ether oxygens (including phenoxy) is 3. The van der Waals surface area contributed by atoms with Gasteiger partial charge in [-0.05, 0) is 75.5 Å². The Labute approximate surface area is 209 Å². The van der Waals surface area contributed by atoms with E-state index in [1.807, 2.05) is 38.1 Å². The van der Waals surface area contributed by atoms with Crippen LogP contribution in [0.25, 0.3) is 0 Å². The van der Waals surface area contributed by atoms with E-state index in [0.29, 0.717) is 19.8 Å². The normalized spacial score (nSPS) is 19.0. The summed E-state index contributed by atoms with van der Waals surface area (Å²) >= 11 is 3.63. The highest BCUT2D eigenvalue weighted by molar-refractivity contribution is 9.10. The summed E-state index contributed by atoms with van der Waals surface area (Å²) in [4.78, 5) is 26.2. The van der Waals surface area contributed by atoms with E-state index in [1.54, 1.807) is 0 Å². The Morgan fingerprint density at radius 3 is 2.47 bits per heavy atom. The number of hydrogen-bond donors (Lipinski definition) is 0. The van der Waals surface area contributed by atoms with Crippen molar-refractivity contribution in [2.45, 2.75) is 51.0 Å². The van der Waals surface area contributed by atoms with Crippen LogP contribution in [0, 0.1) is 0 Å². The van der Waals surface area contributed by atoms with E-state index >= 15 is 0 Å². The van der Waals surface area contributed by atoms with Gasteiger partial charge in [0.15, 0.2) is 0 Å². The van der Waals surface area contributed by atoms with E-state index < -0.39 is 0 Å². The van der Waals surface area contributed by atoms with Crippen LogP contribution < -0.4 is 4.74 Å². The molecule has 2 aliphatic rings. The number of likely N-dealkylation sites (tertiary alicyclic amines) is 1. The molecule has 1 aliphatic carbocycles. The van der Waals surface area contributed by atoms with Crippen LogP contribution in [0.1, 0.15) is 55.9 Å². The van der Waals surface area contributed by atoms with E-state index in [4.69, 9.17) is 14.2 Å². The Kier molecular flexibility index (Phi) is 7.94. The van der Waals surface area contributed by atoms with Gasteiger partial charge in [0.05, 0.1) is 26.2 Å². The Morgan fingerprint density at radius 1 is 1.03 bits per heavy atom. The number of para-hydroxylation sites is 1. The second-order valence-corrected chi connectivity index (χ2v) is 9.91. The predicted molar refractivity (Wildman–Crippen MR) is 133 cm³/mol. The minimum absolute atomic E-state index is 0.0158. The zero-order valence-corrected chi connectivity index (χ0v) is 21.4. The third-order valence-corrected chi connectivity index (χ3v) is 7.35. The van der Waals surface area contributed by atoms with Crippen molar-refractivity contribution in [2.75, 3.05) is 32.8 Å². The van der Waals surface area contributed by atoms with Crippen molar-refractivity contribution in [1.29, 1.82) is 0 Å². The number of piperidine rings is 1. The van der Waals surface area contributed by atoms with Gasteiger partial charge in [-0.3, -0.25) is 14.5 Å². The third-order valence-electron chi connectivity index (χ3n) is 6.86. The molecular formula is C27H32BrNO5. The number of rotatable bonds is 8. The molecule has 0 unspecified atom stereocenters. The summed E-state index contributed by atoms with van der Waals surface area (Å²) in [5, 5.41) is 0. The fraction of sp³-hybridized carbons (Fsp3) is 0.481. The summed E-state index contributed by atoms with van der Waals surface area (Å²) in [5.74, 6) is 0.315. The summed E-state index contributed by atoms with van der Waals surface area (Å²) in [7, 11) is 0. The first kappa shape index (κ1) is 24.7. The second kappa shape index (κ2) is 10.9. The van der Waals surface area contributed by atoms with Crippen LogP contribution in [0.5, 0.6) is 5.75 Å². The number of halogens is 1. The highest BCUT2D eigenvalue weighted by atomic mass is 79.9. The average Bonchev–Trinajstić information content (AvgIpc) is 3.09. The van der Waals surface area contributed by atoms with Gasteiger partial charge in [-0.1, -0.05) is 40.2 Å². The Morgan fingerprint density at radius 2 is 1.74 bits per heavy atom. The molecule has 182 valence electrons. The van der Waals surface area contributed by atoms with Gasteiger partial charge in [0.1, 0.15) is 11.9 Å². The van der Waals surface area contributed by atoms with Crippen LogP contribution in [0.4, 0.5) is 0 Å². The standard InChI is InChI=1S/C27H32BrNO5/c1-3-32-25(30)15-19-7-5-6-8-23(19)34-24-17-27(22-10-9-20(28)16-21(22)24)11-13-29(14-12-27)18-26(31)33-4-2/h5-10,16,24H,3-4,11-15,17-18H2,1-2H3/t24-/m1/s1. The van der Waals surface area contributed by atoms with Crippen molar-refractivity contribution < 1.29 is 23.8 Å². The summed E-state index contributed by atoms with van der Waals surface area (Å²) < 4.78 is 17.9. The zero-order valence-electron chi connectivity index (χ0n) is 19.8. The van der Waals surface area contributed by atoms with Crippen molar-refractivity contribution in [2.24, 2.45) is 0 Å². The summed E-state index contributed by atoms with van der Waals surface area (Å²) in [5.41, 5.74) is 3.38. The molecule has 0 bridgehead atoms. The maximum absolute atomic E-state index is 12.1. The first-order valence-corrected chi connectivity index (χ1v) is 12.8. The topological polar surface area (TPSA) is 65.1 Å². The smallest absolute Gasteiger partial charge is 0.320 e. The van der Waals surface area contributed by atoms with Gasteiger partial charge >= 0.3 is 11.9 Å². The lowest BCUT2D eigenvalue weighted by Crippen LogP contribution is -2.44. The SMILES string of the molecule is CCOC(=O)Cc1ccccc1O[C@@H]1CC2(CCN(CC(=O)OCC)CC2)c2ccc(Br)cc21. The maximum Gasteiger partial charge on any atom is 0.320 e.